The lowest BCUT2D eigenvalue weighted by Gasteiger charge is -2.29. The van der Waals surface area contributed by atoms with Gasteiger partial charge in [0.25, 0.3) is 5.91 Å². The van der Waals surface area contributed by atoms with Crippen LogP contribution in [0.1, 0.15) is 59.3 Å². The van der Waals surface area contributed by atoms with E-state index in [0.29, 0.717) is 24.2 Å². The lowest BCUT2D eigenvalue weighted by atomic mass is 10.1. The number of rotatable bonds is 7. The fourth-order valence-corrected chi connectivity index (χ4v) is 5.31. The number of aryl methyl sites for hydroxylation is 1. The number of carbonyl (C=O) groups excluding carboxylic acids is 3. The van der Waals surface area contributed by atoms with E-state index >= 15 is 0 Å². The molecule has 1 aromatic heterocycles. The number of aromatic nitrogens is 1. The fraction of sp³-hybridized carbons (Fsp3) is 0.632. The molecule has 1 N–H and O–H groups in total. The van der Waals surface area contributed by atoms with Crippen LogP contribution in [0.3, 0.4) is 0 Å². The highest BCUT2D eigenvalue weighted by Gasteiger charge is 2.36. The Bertz CT molecular complexity index is 904. The van der Waals surface area contributed by atoms with E-state index in [4.69, 9.17) is 9.47 Å². The van der Waals surface area contributed by atoms with Crippen molar-refractivity contribution in [2.24, 2.45) is 0 Å². The Morgan fingerprint density at radius 1 is 1.21 bits per heavy atom. The van der Waals surface area contributed by atoms with Crippen molar-refractivity contribution in [3.8, 4) is 0 Å². The number of esters is 2. The molecule has 2 heterocycles. The van der Waals surface area contributed by atoms with Gasteiger partial charge in [0.2, 0.25) is 0 Å². The smallest absolute Gasteiger partial charge is 0.355 e. The number of sulfone groups is 1. The minimum Gasteiger partial charge on any atom is -0.461 e. The molecule has 29 heavy (non-hydrogen) atoms. The first kappa shape index (κ1) is 22.9. The first-order chi connectivity index (χ1) is 13.5. The van der Waals surface area contributed by atoms with Crippen molar-refractivity contribution in [1.29, 1.82) is 0 Å². The third-order valence-electron chi connectivity index (χ3n) is 5.03. The van der Waals surface area contributed by atoms with Gasteiger partial charge in [0, 0.05) is 18.3 Å². The number of amides is 1. The van der Waals surface area contributed by atoms with E-state index < -0.39 is 39.8 Å². The summed E-state index contributed by atoms with van der Waals surface area (Å²) in [5, 5.41) is 0. The molecule has 1 aliphatic rings. The van der Waals surface area contributed by atoms with E-state index in [1.165, 1.54) is 11.8 Å². The molecule has 0 saturated carbocycles. The Kier molecular flexibility index (Phi) is 7.10. The largest absolute Gasteiger partial charge is 0.461 e. The van der Waals surface area contributed by atoms with Gasteiger partial charge in [0.15, 0.2) is 15.9 Å². The highest BCUT2D eigenvalue weighted by Crippen LogP contribution is 2.22. The standard InChI is InChI=1S/C19H28N2O7S/c1-6-21(14-8-9-29(25,26)10-14)17(22)13(5)28-18(23)15-11(3)16(20-12(15)4)19(24)27-7-2/h13-14,20H,6-10H2,1-5H3/t13-,14+/m1/s1. The van der Waals surface area contributed by atoms with Gasteiger partial charge in [0.1, 0.15) is 5.69 Å². The van der Waals surface area contributed by atoms with Crippen molar-refractivity contribution in [3.05, 3.63) is 22.5 Å². The number of H-pyrrole nitrogens is 1. The van der Waals surface area contributed by atoms with Crippen LogP contribution in [0.25, 0.3) is 0 Å². The third-order valence-corrected chi connectivity index (χ3v) is 6.78. The zero-order valence-electron chi connectivity index (χ0n) is 17.4. The predicted molar refractivity (Wildman–Crippen MR) is 106 cm³/mol. The van der Waals surface area contributed by atoms with Crippen molar-refractivity contribution < 1.29 is 32.3 Å². The van der Waals surface area contributed by atoms with E-state index in [1.807, 2.05) is 0 Å². The Hall–Kier alpha value is -2.36. The number of ether oxygens (including phenoxy) is 2. The van der Waals surface area contributed by atoms with E-state index in [2.05, 4.69) is 4.98 Å². The highest BCUT2D eigenvalue weighted by molar-refractivity contribution is 7.91. The molecule has 1 aromatic rings. The number of carbonyl (C=O) groups is 3. The molecule has 1 amide bonds. The molecule has 0 radical (unpaired) electrons. The van der Waals surface area contributed by atoms with Crippen LogP contribution in [-0.4, -0.2) is 73.0 Å². The van der Waals surface area contributed by atoms with E-state index in [0.717, 1.165) is 0 Å². The first-order valence-electron chi connectivity index (χ1n) is 9.60. The minimum atomic E-state index is -3.15. The van der Waals surface area contributed by atoms with Crippen molar-refractivity contribution in [3.63, 3.8) is 0 Å². The van der Waals surface area contributed by atoms with Gasteiger partial charge in [0.05, 0.1) is 23.7 Å². The fourth-order valence-electron chi connectivity index (χ4n) is 3.58. The number of nitrogens with zero attached hydrogens (tertiary/aromatic N) is 1. The lowest BCUT2D eigenvalue weighted by molar-refractivity contribution is -0.141. The van der Waals surface area contributed by atoms with Crippen LogP contribution < -0.4 is 0 Å². The Balaban J connectivity index is 2.14. The maximum Gasteiger partial charge on any atom is 0.355 e. The monoisotopic (exact) mass is 428 g/mol. The van der Waals surface area contributed by atoms with Gasteiger partial charge >= 0.3 is 11.9 Å². The topological polar surface area (TPSA) is 123 Å². The van der Waals surface area contributed by atoms with Crippen LogP contribution in [0, 0.1) is 13.8 Å². The quantitative estimate of drug-likeness (QED) is 0.651. The average Bonchev–Trinajstić information content (AvgIpc) is 3.14. The second-order valence-electron chi connectivity index (χ2n) is 7.07. The van der Waals surface area contributed by atoms with Crippen molar-refractivity contribution in [2.45, 2.75) is 53.2 Å². The predicted octanol–water partition coefficient (Wildman–Crippen LogP) is 1.39. The molecule has 162 valence electrons. The zero-order chi connectivity index (χ0) is 21.9. The second-order valence-corrected chi connectivity index (χ2v) is 9.30. The molecule has 1 aliphatic heterocycles. The molecule has 0 aliphatic carbocycles. The molecule has 10 heteroatoms. The maximum absolute atomic E-state index is 12.8. The maximum atomic E-state index is 12.8. The molecule has 0 aromatic carbocycles. The molecule has 0 spiro atoms. The zero-order valence-corrected chi connectivity index (χ0v) is 18.2. The van der Waals surface area contributed by atoms with Gasteiger partial charge in [-0.2, -0.15) is 0 Å². The number of likely N-dealkylation sites (N-methyl/N-ethyl adjacent to an activating group) is 1. The van der Waals surface area contributed by atoms with E-state index in [1.54, 1.807) is 27.7 Å². The van der Waals surface area contributed by atoms with E-state index in [-0.39, 0.29) is 29.4 Å². The van der Waals surface area contributed by atoms with Gasteiger partial charge in [-0.25, -0.2) is 18.0 Å². The highest BCUT2D eigenvalue weighted by atomic mass is 32.2. The summed E-state index contributed by atoms with van der Waals surface area (Å²) in [6.07, 6.45) is -0.716. The van der Waals surface area contributed by atoms with Gasteiger partial charge in [-0.1, -0.05) is 0 Å². The second kappa shape index (κ2) is 8.98. The normalized spacial score (nSPS) is 18.9. The molecular formula is C19H28N2O7S. The number of nitrogens with one attached hydrogen (secondary N) is 1. The summed E-state index contributed by atoms with van der Waals surface area (Å²) < 4.78 is 33.8. The summed E-state index contributed by atoms with van der Waals surface area (Å²) in [6.45, 7) is 8.63. The van der Waals surface area contributed by atoms with Gasteiger partial charge < -0.3 is 19.4 Å². The van der Waals surface area contributed by atoms with Crippen molar-refractivity contribution in [2.75, 3.05) is 24.7 Å². The molecule has 0 unspecified atom stereocenters. The lowest BCUT2D eigenvalue weighted by Crippen LogP contribution is -2.46. The molecule has 2 rings (SSSR count). The van der Waals surface area contributed by atoms with Crippen molar-refractivity contribution >= 4 is 27.7 Å². The Morgan fingerprint density at radius 3 is 2.38 bits per heavy atom. The average molecular weight is 429 g/mol. The van der Waals surface area contributed by atoms with Crippen LogP contribution in [0.15, 0.2) is 0 Å². The van der Waals surface area contributed by atoms with Crippen LogP contribution in [0.4, 0.5) is 0 Å². The molecule has 0 bridgehead atoms. The van der Waals surface area contributed by atoms with Crippen LogP contribution in [0.2, 0.25) is 0 Å². The summed E-state index contributed by atoms with van der Waals surface area (Å²) in [5.74, 6) is -1.78. The summed E-state index contributed by atoms with van der Waals surface area (Å²) >= 11 is 0. The Labute approximate surface area is 170 Å². The minimum absolute atomic E-state index is 0.0496. The van der Waals surface area contributed by atoms with Gasteiger partial charge in [-0.15, -0.1) is 0 Å². The number of hydrogen-bond donors (Lipinski definition) is 1. The summed E-state index contributed by atoms with van der Waals surface area (Å²) in [5.41, 5.74) is 1.17. The summed E-state index contributed by atoms with van der Waals surface area (Å²) in [4.78, 5) is 41.7. The molecule has 1 saturated heterocycles. The Morgan fingerprint density at radius 2 is 1.86 bits per heavy atom. The van der Waals surface area contributed by atoms with Crippen LogP contribution >= 0.6 is 0 Å². The van der Waals surface area contributed by atoms with Gasteiger partial charge in [-0.3, -0.25) is 4.79 Å². The van der Waals surface area contributed by atoms with Gasteiger partial charge in [-0.05, 0) is 46.6 Å². The molecule has 1 fully saturated rings. The first-order valence-corrected chi connectivity index (χ1v) is 11.4. The van der Waals surface area contributed by atoms with Crippen LogP contribution in [-0.2, 0) is 24.1 Å². The van der Waals surface area contributed by atoms with Crippen molar-refractivity contribution in [1.82, 2.24) is 9.88 Å². The van der Waals surface area contributed by atoms with E-state index in [9.17, 15) is 22.8 Å². The number of hydrogen-bond acceptors (Lipinski definition) is 7. The summed E-state index contributed by atoms with van der Waals surface area (Å²) in [7, 11) is -3.15. The number of aromatic amines is 1. The molecular weight excluding hydrogens is 400 g/mol. The SMILES string of the molecule is CCOC(=O)c1[nH]c(C)c(C(=O)O[C@H](C)C(=O)N(CC)[C@H]2CCS(=O)(=O)C2)c1C. The van der Waals surface area contributed by atoms with Crippen LogP contribution in [0.5, 0.6) is 0 Å². The molecule has 9 nitrogen and oxygen atoms in total. The summed E-state index contributed by atoms with van der Waals surface area (Å²) in [6, 6.07) is -0.412. The third kappa shape index (κ3) is 4.98. The molecule has 2 atom stereocenters.